The van der Waals surface area contributed by atoms with E-state index in [1.54, 1.807) is 7.11 Å². The number of rotatable bonds is 5. The number of alkyl halides is 3. The number of hydrogen-bond donors (Lipinski definition) is 2. The fourth-order valence-electron chi connectivity index (χ4n) is 1.53. The van der Waals surface area contributed by atoms with E-state index in [1.165, 1.54) is 12.3 Å². The lowest BCUT2D eigenvalue weighted by Gasteiger charge is -2.12. The molecule has 3 N–H and O–H groups in total. The molecule has 0 aliphatic carbocycles. The molecule has 0 spiro atoms. The quantitative estimate of drug-likeness (QED) is 0.872. The van der Waals surface area contributed by atoms with Crippen molar-refractivity contribution in [1.82, 2.24) is 15.1 Å². The molecule has 2 heterocycles. The number of ether oxygens (including phenoxy) is 1. The third-order valence-corrected chi connectivity index (χ3v) is 2.80. The Morgan fingerprint density at radius 2 is 2.18 bits per heavy atom. The summed E-state index contributed by atoms with van der Waals surface area (Å²) in [5.41, 5.74) is 6.28. The Labute approximate surface area is 123 Å². The molecular weight excluding hydrogens is 303 g/mol. The number of methoxy groups -OCH3 is 1. The molecule has 0 saturated heterocycles. The van der Waals surface area contributed by atoms with Gasteiger partial charge in [0.25, 0.3) is 0 Å². The molecule has 0 saturated carbocycles. The Hall–Kier alpha value is -2.36. The summed E-state index contributed by atoms with van der Waals surface area (Å²) in [5.74, 6) is -1.26. The van der Waals surface area contributed by atoms with Gasteiger partial charge in [-0.15, -0.1) is 0 Å². The van der Waals surface area contributed by atoms with Crippen LogP contribution in [0.3, 0.4) is 0 Å². The summed E-state index contributed by atoms with van der Waals surface area (Å²) in [7, 11) is 1.57. The molecule has 2 rings (SSSR count). The van der Waals surface area contributed by atoms with Crippen LogP contribution in [-0.4, -0.2) is 34.9 Å². The number of nitrogens with one attached hydrogen (secondary N) is 1. The highest BCUT2D eigenvalue weighted by atomic mass is 19.4. The van der Waals surface area contributed by atoms with E-state index in [2.05, 4.69) is 25.0 Å². The Morgan fingerprint density at radius 1 is 1.45 bits per heavy atom. The van der Waals surface area contributed by atoms with Crippen LogP contribution in [-0.2, 0) is 10.9 Å². The Balaban J connectivity index is 2.17. The molecule has 0 fully saturated rings. The summed E-state index contributed by atoms with van der Waals surface area (Å²) >= 11 is 0. The highest BCUT2D eigenvalue weighted by molar-refractivity contribution is 5.69. The minimum Gasteiger partial charge on any atom is -0.396 e. The predicted molar refractivity (Wildman–Crippen MR) is 71.9 cm³/mol. The number of pyridine rings is 1. The van der Waals surface area contributed by atoms with Crippen LogP contribution in [0, 0.1) is 0 Å². The van der Waals surface area contributed by atoms with Gasteiger partial charge in [0.2, 0.25) is 5.82 Å². The summed E-state index contributed by atoms with van der Waals surface area (Å²) in [6.07, 6.45) is -3.43. The first-order chi connectivity index (χ1) is 10.3. The van der Waals surface area contributed by atoms with Crippen LogP contribution in [0.15, 0.2) is 16.8 Å². The van der Waals surface area contributed by atoms with Crippen molar-refractivity contribution in [2.75, 3.05) is 24.7 Å². The van der Waals surface area contributed by atoms with E-state index in [0.717, 1.165) is 0 Å². The molecule has 0 bridgehead atoms. The lowest BCUT2D eigenvalue weighted by atomic mass is 10.2. The molecule has 1 atom stereocenters. The van der Waals surface area contributed by atoms with Crippen LogP contribution < -0.4 is 11.1 Å². The van der Waals surface area contributed by atoms with Crippen LogP contribution in [0.1, 0.15) is 12.8 Å². The highest BCUT2D eigenvalue weighted by Gasteiger charge is 2.38. The van der Waals surface area contributed by atoms with Gasteiger partial charge in [0, 0.05) is 25.4 Å². The lowest BCUT2D eigenvalue weighted by Crippen LogP contribution is -2.19. The summed E-state index contributed by atoms with van der Waals surface area (Å²) < 4.78 is 46.5. The van der Waals surface area contributed by atoms with E-state index >= 15 is 0 Å². The molecule has 0 aromatic carbocycles. The van der Waals surface area contributed by atoms with Crippen LogP contribution in [0.2, 0.25) is 0 Å². The number of aromatic nitrogens is 3. The zero-order valence-corrected chi connectivity index (χ0v) is 11.8. The molecule has 0 aliphatic heterocycles. The fraction of sp³-hybridized carbons (Fsp3) is 0.417. The SMILES string of the molecule is COC(C)CNc1ncc(-c2noc(C(F)(F)F)n2)cc1N. The summed E-state index contributed by atoms with van der Waals surface area (Å²) in [6.45, 7) is 2.34. The van der Waals surface area contributed by atoms with Gasteiger partial charge in [-0.1, -0.05) is 5.16 Å². The standard InChI is InChI=1S/C12H14F3N5O2/c1-6(21-2)4-17-10-8(16)3-7(5-18-10)9-19-11(22-20-9)12(13,14)15/h3,5-6H,4,16H2,1-2H3,(H,17,18). The zero-order chi connectivity index (χ0) is 16.3. The van der Waals surface area contributed by atoms with E-state index < -0.39 is 12.1 Å². The predicted octanol–water partition coefficient (Wildman–Crippen LogP) is 2.18. The molecule has 2 aromatic rings. The van der Waals surface area contributed by atoms with E-state index in [-0.39, 0.29) is 23.2 Å². The van der Waals surface area contributed by atoms with E-state index in [0.29, 0.717) is 12.4 Å². The van der Waals surface area contributed by atoms with Gasteiger partial charge < -0.3 is 20.3 Å². The second kappa shape index (κ2) is 6.18. The number of nitrogens with zero attached hydrogens (tertiary/aromatic N) is 3. The van der Waals surface area contributed by atoms with Gasteiger partial charge in [-0.05, 0) is 13.0 Å². The summed E-state index contributed by atoms with van der Waals surface area (Å²) in [5, 5.41) is 6.24. The Bertz CT molecular complexity index is 644. The molecule has 2 aromatic heterocycles. The van der Waals surface area contributed by atoms with Gasteiger partial charge in [-0.2, -0.15) is 18.2 Å². The second-order valence-electron chi connectivity index (χ2n) is 4.51. The highest BCUT2D eigenvalue weighted by Crippen LogP contribution is 2.30. The maximum absolute atomic E-state index is 12.4. The molecule has 0 aliphatic rings. The van der Waals surface area contributed by atoms with Crippen molar-refractivity contribution in [3.05, 3.63) is 18.2 Å². The van der Waals surface area contributed by atoms with E-state index in [1.807, 2.05) is 6.92 Å². The maximum atomic E-state index is 12.4. The second-order valence-corrected chi connectivity index (χ2v) is 4.51. The summed E-state index contributed by atoms with van der Waals surface area (Å²) in [4.78, 5) is 7.31. The third-order valence-electron chi connectivity index (χ3n) is 2.80. The van der Waals surface area contributed by atoms with Crippen molar-refractivity contribution in [2.24, 2.45) is 0 Å². The zero-order valence-electron chi connectivity index (χ0n) is 11.8. The lowest BCUT2D eigenvalue weighted by molar-refractivity contribution is -0.159. The van der Waals surface area contributed by atoms with Crippen LogP contribution in [0.25, 0.3) is 11.4 Å². The van der Waals surface area contributed by atoms with E-state index in [9.17, 15) is 13.2 Å². The average Bonchev–Trinajstić information content (AvgIpc) is 2.95. The number of nitrogen functional groups attached to an aromatic ring is 1. The van der Waals surface area contributed by atoms with Gasteiger partial charge in [0.15, 0.2) is 0 Å². The average molecular weight is 317 g/mol. The van der Waals surface area contributed by atoms with Crippen molar-refractivity contribution < 1.29 is 22.4 Å². The molecule has 7 nitrogen and oxygen atoms in total. The number of anilines is 2. The topological polar surface area (TPSA) is 99.1 Å². The van der Waals surface area contributed by atoms with Crippen LogP contribution in [0.4, 0.5) is 24.7 Å². The van der Waals surface area contributed by atoms with Crippen molar-refractivity contribution in [3.63, 3.8) is 0 Å². The first-order valence-electron chi connectivity index (χ1n) is 6.24. The Kier molecular flexibility index (Phi) is 4.50. The van der Waals surface area contributed by atoms with Crippen molar-refractivity contribution in [3.8, 4) is 11.4 Å². The molecule has 0 amide bonds. The molecular formula is C12H14F3N5O2. The van der Waals surface area contributed by atoms with Gasteiger partial charge >= 0.3 is 12.1 Å². The molecule has 10 heteroatoms. The molecule has 22 heavy (non-hydrogen) atoms. The Morgan fingerprint density at radius 3 is 2.73 bits per heavy atom. The van der Waals surface area contributed by atoms with Gasteiger partial charge in [0.05, 0.1) is 11.8 Å². The normalized spacial score (nSPS) is 13.1. The molecule has 0 radical (unpaired) electrons. The fourth-order valence-corrected chi connectivity index (χ4v) is 1.53. The first-order valence-corrected chi connectivity index (χ1v) is 6.24. The third kappa shape index (κ3) is 3.64. The molecule has 120 valence electrons. The number of halogens is 3. The van der Waals surface area contributed by atoms with Crippen LogP contribution in [0.5, 0.6) is 0 Å². The van der Waals surface area contributed by atoms with Crippen molar-refractivity contribution in [2.45, 2.75) is 19.2 Å². The van der Waals surface area contributed by atoms with Crippen molar-refractivity contribution in [1.29, 1.82) is 0 Å². The maximum Gasteiger partial charge on any atom is 0.471 e. The minimum absolute atomic E-state index is 0.0487. The number of nitrogens with two attached hydrogens (primary N) is 1. The van der Waals surface area contributed by atoms with Gasteiger partial charge in [-0.25, -0.2) is 4.98 Å². The largest absolute Gasteiger partial charge is 0.471 e. The monoisotopic (exact) mass is 317 g/mol. The van der Waals surface area contributed by atoms with Crippen LogP contribution >= 0.6 is 0 Å². The van der Waals surface area contributed by atoms with E-state index in [4.69, 9.17) is 10.5 Å². The number of hydrogen-bond acceptors (Lipinski definition) is 7. The minimum atomic E-state index is -4.69. The van der Waals surface area contributed by atoms with Gasteiger partial charge in [-0.3, -0.25) is 0 Å². The smallest absolute Gasteiger partial charge is 0.396 e. The first kappa shape index (κ1) is 16.0. The van der Waals surface area contributed by atoms with Crippen molar-refractivity contribution >= 4 is 11.5 Å². The van der Waals surface area contributed by atoms with Gasteiger partial charge in [0.1, 0.15) is 5.82 Å². The molecule has 1 unspecified atom stereocenters. The summed E-state index contributed by atoms with van der Waals surface area (Å²) in [6, 6.07) is 1.41.